The van der Waals surface area contributed by atoms with Gasteiger partial charge in [0.2, 0.25) is 0 Å². The topological polar surface area (TPSA) is 74.3 Å². The van der Waals surface area contributed by atoms with Crippen molar-refractivity contribution in [1.29, 1.82) is 0 Å². The van der Waals surface area contributed by atoms with Gasteiger partial charge >= 0.3 is 0 Å². The quantitative estimate of drug-likeness (QED) is 0.472. The molecule has 3 aromatic heterocycles. The highest BCUT2D eigenvalue weighted by molar-refractivity contribution is 7.98. The molecule has 0 radical (unpaired) electrons. The summed E-state index contributed by atoms with van der Waals surface area (Å²) >= 11 is 7.41. The first-order valence-electron chi connectivity index (χ1n) is 7.35. The van der Waals surface area contributed by atoms with Crippen molar-refractivity contribution in [3.05, 3.63) is 51.8 Å². The number of ether oxygens (including phenoxy) is 1. The molecule has 0 N–H and O–H groups in total. The van der Waals surface area contributed by atoms with Crippen LogP contribution in [0.2, 0.25) is 5.02 Å². The van der Waals surface area contributed by atoms with Gasteiger partial charge in [0, 0.05) is 38.3 Å². The highest BCUT2D eigenvalue weighted by Gasteiger charge is 2.08. The first-order chi connectivity index (χ1) is 11.7. The molecule has 0 aromatic carbocycles. The first-order valence-corrected chi connectivity index (χ1v) is 8.71. The average Bonchev–Trinajstić information content (AvgIpc) is 3.01. The third-order valence-electron chi connectivity index (χ3n) is 3.35. The molecule has 0 spiro atoms. The van der Waals surface area contributed by atoms with Crippen molar-refractivity contribution < 1.29 is 4.74 Å². The Morgan fingerprint density at radius 2 is 2.25 bits per heavy atom. The zero-order valence-corrected chi connectivity index (χ0v) is 14.6. The Bertz CT molecular complexity index is 895. The number of hydrogen-bond donors (Lipinski definition) is 0. The molecule has 9 heteroatoms. The Kier molecular flexibility index (Phi) is 5.49. The number of hydrogen-bond acceptors (Lipinski definition) is 6. The van der Waals surface area contributed by atoms with E-state index >= 15 is 0 Å². The predicted molar refractivity (Wildman–Crippen MR) is 92.5 cm³/mol. The number of aryl methyl sites for hydroxylation is 1. The van der Waals surface area contributed by atoms with E-state index in [0.29, 0.717) is 28.7 Å². The molecule has 0 bridgehead atoms. The van der Waals surface area contributed by atoms with Gasteiger partial charge in [-0.3, -0.25) is 9.20 Å². The van der Waals surface area contributed by atoms with E-state index in [-0.39, 0.29) is 5.56 Å². The monoisotopic (exact) mass is 365 g/mol. The minimum absolute atomic E-state index is 0.153. The maximum absolute atomic E-state index is 12.2. The molecule has 0 saturated carbocycles. The van der Waals surface area contributed by atoms with Crippen LogP contribution >= 0.6 is 23.4 Å². The number of thioether (sulfide) groups is 1. The lowest BCUT2D eigenvalue weighted by atomic mass is 10.4. The summed E-state index contributed by atoms with van der Waals surface area (Å²) in [6.07, 6.45) is 4.15. The fraction of sp³-hybridized carbons (Fsp3) is 0.333. The maximum Gasteiger partial charge on any atom is 0.258 e. The van der Waals surface area contributed by atoms with Gasteiger partial charge in [-0.05, 0) is 18.6 Å². The SMILES string of the molecule is COCCCn1cnnc1SCc1cc(=O)n2cc(Cl)ccc2n1. The molecule has 0 fully saturated rings. The number of aromatic nitrogens is 5. The van der Waals surface area contributed by atoms with Crippen LogP contribution in [0.1, 0.15) is 12.1 Å². The van der Waals surface area contributed by atoms with Crippen LogP contribution in [0.4, 0.5) is 0 Å². The van der Waals surface area contributed by atoms with Crippen molar-refractivity contribution in [2.24, 2.45) is 0 Å². The normalized spacial score (nSPS) is 11.2. The van der Waals surface area contributed by atoms with E-state index in [1.807, 2.05) is 4.57 Å². The molecule has 126 valence electrons. The fourth-order valence-corrected chi connectivity index (χ4v) is 3.22. The molecule has 0 amide bonds. The van der Waals surface area contributed by atoms with Gasteiger partial charge in [0.05, 0.1) is 10.7 Å². The third-order valence-corrected chi connectivity index (χ3v) is 4.59. The van der Waals surface area contributed by atoms with E-state index < -0.39 is 0 Å². The molecule has 0 atom stereocenters. The molecule has 0 aliphatic carbocycles. The number of methoxy groups -OCH3 is 1. The van der Waals surface area contributed by atoms with Gasteiger partial charge < -0.3 is 9.30 Å². The summed E-state index contributed by atoms with van der Waals surface area (Å²) in [6, 6.07) is 4.96. The number of nitrogens with zero attached hydrogens (tertiary/aromatic N) is 5. The lowest BCUT2D eigenvalue weighted by Gasteiger charge is -2.06. The Labute approximate surface area is 147 Å². The first kappa shape index (κ1) is 16.9. The van der Waals surface area contributed by atoms with Crippen LogP contribution in [0.3, 0.4) is 0 Å². The summed E-state index contributed by atoms with van der Waals surface area (Å²) in [6.45, 7) is 1.48. The number of rotatable bonds is 7. The van der Waals surface area contributed by atoms with Gasteiger partial charge in [-0.1, -0.05) is 23.4 Å². The Morgan fingerprint density at radius 3 is 3.08 bits per heavy atom. The molecule has 3 aromatic rings. The standard InChI is InChI=1S/C15H16ClN5O2S/c1-23-6-2-5-20-10-17-19-15(20)24-9-12-7-14(22)21-8-11(16)3-4-13(21)18-12/h3-4,7-8,10H,2,5-6,9H2,1H3. The van der Waals surface area contributed by atoms with E-state index in [1.54, 1.807) is 31.8 Å². The second-order valence-electron chi connectivity index (χ2n) is 5.10. The van der Waals surface area contributed by atoms with Crippen molar-refractivity contribution in [2.45, 2.75) is 23.9 Å². The average molecular weight is 366 g/mol. The van der Waals surface area contributed by atoms with Gasteiger partial charge in [-0.2, -0.15) is 0 Å². The zero-order valence-electron chi connectivity index (χ0n) is 13.1. The Morgan fingerprint density at radius 1 is 1.38 bits per heavy atom. The summed E-state index contributed by atoms with van der Waals surface area (Å²) in [4.78, 5) is 16.7. The second-order valence-corrected chi connectivity index (χ2v) is 6.48. The van der Waals surface area contributed by atoms with E-state index in [4.69, 9.17) is 16.3 Å². The van der Waals surface area contributed by atoms with Crippen LogP contribution in [0, 0.1) is 0 Å². The second kappa shape index (κ2) is 7.78. The van der Waals surface area contributed by atoms with Gasteiger partial charge in [0.25, 0.3) is 5.56 Å². The Hall–Kier alpha value is -1.90. The van der Waals surface area contributed by atoms with Gasteiger partial charge in [-0.25, -0.2) is 4.98 Å². The number of fused-ring (bicyclic) bond motifs is 1. The minimum atomic E-state index is -0.153. The highest BCUT2D eigenvalue weighted by Crippen LogP contribution is 2.20. The van der Waals surface area contributed by atoms with E-state index in [9.17, 15) is 4.79 Å². The lowest BCUT2D eigenvalue weighted by molar-refractivity contribution is 0.189. The largest absolute Gasteiger partial charge is 0.385 e. The van der Waals surface area contributed by atoms with Crippen LogP contribution in [-0.4, -0.2) is 37.9 Å². The molecule has 3 heterocycles. The van der Waals surface area contributed by atoms with Crippen LogP contribution < -0.4 is 5.56 Å². The fourth-order valence-electron chi connectivity index (χ4n) is 2.23. The highest BCUT2D eigenvalue weighted by atomic mass is 35.5. The van der Waals surface area contributed by atoms with Crippen molar-refractivity contribution in [1.82, 2.24) is 24.1 Å². The summed E-state index contributed by atoms with van der Waals surface area (Å²) in [5.41, 5.74) is 1.11. The minimum Gasteiger partial charge on any atom is -0.385 e. The molecule has 3 rings (SSSR count). The summed E-state index contributed by atoms with van der Waals surface area (Å²) in [5.74, 6) is 0.539. The molecule has 0 aliphatic heterocycles. The number of pyridine rings is 1. The van der Waals surface area contributed by atoms with Crippen molar-refractivity contribution >= 4 is 29.0 Å². The van der Waals surface area contributed by atoms with E-state index in [0.717, 1.165) is 18.1 Å². The predicted octanol–water partition coefficient (Wildman–Crippen LogP) is 2.27. The smallest absolute Gasteiger partial charge is 0.258 e. The summed E-state index contributed by atoms with van der Waals surface area (Å²) < 4.78 is 8.46. The van der Waals surface area contributed by atoms with Gasteiger partial charge in [0.1, 0.15) is 12.0 Å². The molecule has 0 saturated heterocycles. The zero-order chi connectivity index (χ0) is 16.9. The molecular weight excluding hydrogens is 350 g/mol. The van der Waals surface area contributed by atoms with Gasteiger partial charge in [0.15, 0.2) is 5.16 Å². The molecular formula is C15H16ClN5O2S. The molecule has 24 heavy (non-hydrogen) atoms. The van der Waals surface area contributed by atoms with Crippen molar-refractivity contribution in [2.75, 3.05) is 13.7 Å². The summed E-state index contributed by atoms with van der Waals surface area (Å²) in [5, 5.41) is 9.35. The van der Waals surface area contributed by atoms with Crippen LogP contribution in [0.5, 0.6) is 0 Å². The van der Waals surface area contributed by atoms with Crippen LogP contribution in [0.25, 0.3) is 5.65 Å². The third kappa shape index (κ3) is 3.95. The molecule has 0 unspecified atom stereocenters. The van der Waals surface area contributed by atoms with Crippen LogP contribution in [-0.2, 0) is 17.0 Å². The molecule has 7 nitrogen and oxygen atoms in total. The van der Waals surface area contributed by atoms with E-state index in [1.165, 1.54) is 22.2 Å². The molecule has 0 aliphatic rings. The lowest BCUT2D eigenvalue weighted by Crippen LogP contribution is -2.15. The van der Waals surface area contributed by atoms with Crippen LogP contribution in [0.15, 0.2) is 40.7 Å². The van der Waals surface area contributed by atoms with Gasteiger partial charge in [-0.15, -0.1) is 10.2 Å². The maximum atomic E-state index is 12.2. The Balaban J connectivity index is 1.73. The number of halogens is 1. The summed E-state index contributed by atoms with van der Waals surface area (Å²) in [7, 11) is 1.68. The van der Waals surface area contributed by atoms with Crippen molar-refractivity contribution in [3.63, 3.8) is 0 Å². The van der Waals surface area contributed by atoms with Crippen molar-refractivity contribution in [3.8, 4) is 0 Å². The van der Waals surface area contributed by atoms with E-state index in [2.05, 4.69) is 15.2 Å².